The summed E-state index contributed by atoms with van der Waals surface area (Å²) in [5.41, 5.74) is 3.34. The maximum absolute atomic E-state index is 9.69. The van der Waals surface area contributed by atoms with Gasteiger partial charge in [-0.15, -0.1) is 0 Å². The van der Waals surface area contributed by atoms with E-state index in [9.17, 15) is 5.11 Å². The Morgan fingerprint density at radius 3 is 2.50 bits per heavy atom. The lowest BCUT2D eigenvalue weighted by molar-refractivity contribution is 0.264. The summed E-state index contributed by atoms with van der Waals surface area (Å²) in [5, 5.41) is 15.5. The summed E-state index contributed by atoms with van der Waals surface area (Å²) in [6.45, 7) is 0.134. The normalized spacial score (nSPS) is 12.7. The number of aryl methyl sites for hydroxylation is 1. The predicted octanol–water partition coefficient (Wildman–Crippen LogP) is 2.89. The molecule has 20 heavy (non-hydrogen) atoms. The van der Waals surface area contributed by atoms with Gasteiger partial charge >= 0.3 is 0 Å². The maximum Gasteiger partial charge on any atom is 0.0710 e. The fraction of sp³-hybridized carbons (Fsp3) is 0.235. The molecular formula is C17H18N2O. The van der Waals surface area contributed by atoms with Gasteiger partial charge in [0.25, 0.3) is 0 Å². The maximum atomic E-state index is 9.69. The van der Waals surface area contributed by atoms with Crippen LogP contribution in [0.5, 0.6) is 0 Å². The van der Waals surface area contributed by atoms with Crippen molar-refractivity contribution in [2.75, 3.05) is 6.61 Å². The van der Waals surface area contributed by atoms with E-state index < -0.39 is 0 Å². The molecule has 0 aliphatic carbocycles. The SMILES string of the molecule is Cn1nc(CC(CO)c2ccccc2)c2ccccc21. The van der Waals surface area contributed by atoms with Gasteiger partial charge in [0.15, 0.2) is 0 Å². The molecule has 0 radical (unpaired) electrons. The van der Waals surface area contributed by atoms with E-state index in [4.69, 9.17) is 0 Å². The zero-order chi connectivity index (χ0) is 13.9. The Balaban J connectivity index is 1.96. The zero-order valence-corrected chi connectivity index (χ0v) is 11.5. The molecule has 0 fully saturated rings. The molecule has 1 atom stereocenters. The number of para-hydroxylation sites is 1. The van der Waals surface area contributed by atoms with Gasteiger partial charge in [-0.1, -0.05) is 48.5 Å². The number of nitrogens with zero attached hydrogens (tertiary/aromatic N) is 2. The second-order valence-corrected chi connectivity index (χ2v) is 5.08. The largest absolute Gasteiger partial charge is 0.396 e. The molecule has 2 aromatic carbocycles. The molecule has 3 aromatic rings. The molecule has 0 saturated carbocycles. The van der Waals surface area contributed by atoms with Gasteiger partial charge in [-0.2, -0.15) is 5.10 Å². The first-order valence-corrected chi connectivity index (χ1v) is 6.86. The second-order valence-electron chi connectivity index (χ2n) is 5.08. The van der Waals surface area contributed by atoms with Crippen molar-refractivity contribution in [2.45, 2.75) is 12.3 Å². The Morgan fingerprint density at radius 2 is 1.75 bits per heavy atom. The average Bonchev–Trinajstić information content (AvgIpc) is 2.82. The quantitative estimate of drug-likeness (QED) is 0.788. The number of rotatable bonds is 4. The molecule has 3 nitrogen and oxygen atoms in total. The van der Waals surface area contributed by atoms with Crippen LogP contribution in [0.3, 0.4) is 0 Å². The Labute approximate surface area is 118 Å². The molecule has 3 rings (SSSR count). The van der Waals surface area contributed by atoms with Crippen LogP contribution in [0, 0.1) is 0 Å². The summed E-state index contributed by atoms with van der Waals surface area (Å²) < 4.78 is 1.91. The highest BCUT2D eigenvalue weighted by Crippen LogP contribution is 2.24. The van der Waals surface area contributed by atoms with Crippen molar-refractivity contribution >= 4 is 10.9 Å². The lowest BCUT2D eigenvalue weighted by Gasteiger charge is -2.13. The van der Waals surface area contributed by atoms with Gasteiger partial charge in [0.05, 0.1) is 17.8 Å². The van der Waals surface area contributed by atoms with Crippen LogP contribution in [-0.4, -0.2) is 21.5 Å². The molecule has 1 N–H and O–H groups in total. The van der Waals surface area contributed by atoms with Crippen molar-refractivity contribution in [1.82, 2.24) is 9.78 Å². The third-order valence-electron chi connectivity index (χ3n) is 3.77. The van der Waals surface area contributed by atoms with Crippen molar-refractivity contribution in [3.05, 3.63) is 65.9 Å². The van der Waals surface area contributed by atoms with E-state index in [2.05, 4.69) is 29.4 Å². The third kappa shape index (κ3) is 2.32. The molecule has 1 unspecified atom stereocenters. The Bertz CT molecular complexity index is 703. The van der Waals surface area contributed by atoms with Crippen LogP contribution in [-0.2, 0) is 13.5 Å². The van der Waals surface area contributed by atoms with E-state index in [1.807, 2.05) is 42.1 Å². The summed E-state index contributed by atoms with van der Waals surface area (Å²) in [4.78, 5) is 0. The van der Waals surface area contributed by atoms with Crippen LogP contribution in [0.4, 0.5) is 0 Å². The zero-order valence-electron chi connectivity index (χ0n) is 11.5. The second kappa shape index (κ2) is 5.47. The van der Waals surface area contributed by atoms with Crippen LogP contribution in [0.25, 0.3) is 10.9 Å². The number of hydrogen-bond acceptors (Lipinski definition) is 2. The topological polar surface area (TPSA) is 38.0 Å². The van der Waals surface area contributed by atoms with Crippen molar-refractivity contribution in [2.24, 2.45) is 7.05 Å². The molecule has 1 aromatic heterocycles. The number of aromatic nitrogens is 2. The van der Waals surface area contributed by atoms with E-state index in [0.717, 1.165) is 23.2 Å². The van der Waals surface area contributed by atoms with Gasteiger partial charge in [0.2, 0.25) is 0 Å². The number of benzene rings is 2. The highest BCUT2D eigenvalue weighted by atomic mass is 16.3. The molecule has 0 bridgehead atoms. The van der Waals surface area contributed by atoms with Gasteiger partial charge < -0.3 is 5.11 Å². The summed E-state index contributed by atoms with van der Waals surface area (Å²) in [5.74, 6) is 0.0921. The van der Waals surface area contributed by atoms with Gasteiger partial charge in [-0.3, -0.25) is 4.68 Å². The van der Waals surface area contributed by atoms with E-state index >= 15 is 0 Å². The van der Waals surface area contributed by atoms with E-state index in [1.54, 1.807) is 0 Å². The number of fused-ring (bicyclic) bond motifs is 1. The van der Waals surface area contributed by atoms with Gasteiger partial charge in [-0.05, 0) is 11.6 Å². The summed E-state index contributed by atoms with van der Waals surface area (Å²) in [6.07, 6.45) is 0.752. The number of aliphatic hydroxyl groups excluding tert-OH is 1. The van der Waals surface area contributed by atoms with E-state index in [1.165, 1.54) is 5.39 Å². The summed E-state index contributed by atoms with van der Waals surface area (Å²) in [7, 11) is 1.96. The van der Waals surface area contributed by atoms with Crippen LogP contribution in [0.1, 0.15) is 17.2 Å². The van der Waals surface area contributed by atoms with Crippen LogP contribution >= 0.6 is 0 Å². The van der Waals surface area contributed by atoms with Crippen molar-refractivity contribution in [3.8, 4) is 0 Å². The van der Waals surface area contributed by atoms with Crippen LogP contribution in [0.2, 0.25) is 0 Å². The predicted molar refractivity (Wildman–Crippen MR) is 80.7 cm³/mol. The fourth-order valence-corrected chi connectivity index (χ4v) is 2.69. The Hall–Kier alpha value is -2.13. The minimum absolute atomic E-state index is 0.0921. The smallest absolute Gasteiger partial charge is 0.0710 e. The van der Waals surface area contributed by atoms with Crippen LogP contribution < -0.4 is 0 Å². The first-order chi connectivity index (χ1) is 9.79. The number of hydrogen-bond donors (Lipinski definition) is 1. The molecule has 0 saturated heterocycles. The first-order valence-electron chi connectivity index (χ1n) is 6.86. The van der Waals surface area contributed by atoms with Crippen molar-refractivity contribution in [1.29, 1.82) is 0 Å². The lowest BCUT2D eigenvalue weighted by atomic mass is 9.94. The number of aliphatic hydroxyl groups is 1. The molecule has 3 heteroatoms. The van der Waals surface area contributed by atoms with Crippen molar-refractivity contribution in [3.63, 3.8) is 0 Å². The van der Waals surface area contributed by atoms with E-state index in [0.29, 0.717) is 0 Å². The van der Waals surface area contributed by atoms with Gasteiger partial charge in [-0.25, -0.2) is 0 Å². The fourth-order valence-electron chi connectivity index (χ4n) is 2.69. The Morgan fingerprint density at radius 1 is 1.05 bits per heavy atom. The molecule has 0 aliphatic rings. The first kappa shape index (κ1) is 12.9. The molecule has 0 aliphatic heterocycles. The van der Waals surface area contributed by atoms with E-state index in [-0.39, 0.29) is 12.5 Å². The standard InChI is InChI=1S/C17H18N2O/c1-19-17-10-6-5-9-15(17)16(18-19)11-14(12-20)13-7-3-2-4-8-13/h2-10,14,20H,11-12H2,1H3. The molecule has 1 heterocycles. The molecule has 0 spiro atoms. The summed E-state index contributed by atoms with van der Waals surface area (Å²) in [6, 6.07) is 18.4. The minimum Gasteiger partial charge on any atom is -0.396 e. The van der Waals surface area contributed by atoms with Gasteiger partial charge in [0, 0.05) is 24.8 Å². The molecular weight excluding hydrogens is 248 g/mol. The Kier molecular flexibility index (Phi) is 3.52. The molecule has 0 amide bonds. The average molecular weight is 266 g/mol. The highest BCUT2D eigenvalue weighted by Gasteiger charge is 2.15. The third-order valence-corrected chi connectivity index (χ3v) is 3.77. The minimum atomic E-state index is 0.0921. The summed E-state index contributed by atoms with van der Waals surface area (Å²) >= 11 is 0. The lowest BCUT2D eigenvalue weighted by Crippen LogP contribution is -2.08. The van der Waals surface area contributed by atoms with Crippen molar-refractivity contribution < 1.29 is 5.11 Å². The monoisotopic (exact) mass is 266 g/mol. The van der Waals surface area contributed by atoms with Gasteiger partial charge in [0.1, 0.15) is 0 Å². The molecule has 102 valence electrons. The van der Waals surface area contributed by atoms with Crippen LogP contribution in [0.15, 0.2) is 54.6 Å². The highest BCUT2D eigenvalue weighted by molar-refractivity contribution is 5.81.